The van der Waals surface area contributed by atoms with Gasteiger partial charge in [0, 0.05) is 6.42 Å². The lowest BCUT2D eigenvalue weighted by Crippen LogP contribution is -2.27. The van der Waals surface area contributed by atoms with Crippen molar-refractivity contribution < 1.29 is 9.32 Å². The first-order chi connectivity index (χ1) is 10.7. The van der Waals surface area contributed by atoms with Gasteiger partial charge in [0.2, 0.25) is 11.8 Å². The second-order valence-electron chi connectivity index (χ2n) is 5.20. The zero-order valence-corrected chi connectivity index (χ0v) is 13.0. The number of aromatic nitrogens is 2. The summed E-state index contributed by atoms with van der Waals surface area (Å²) < 4.78 is 5.25. The molecule has 1 atom stereocenters. The number of carbonyl (C=O) groups excluding carboxylic acids is 1. The third-order valence-corrected chi connectivity index (χ3v) is 3.28. The summed E-state index contributed by atoms with van der Waals surface area (Å²) >= 11 is 0. The highest BCUT2D eigenvalue weighted by molar-refractivity contribution is 5.76. The molecule has 6 heteroatoms. The molecule has 2 rings (SSSR count). The molecule has 0 aliphatic heterocycles. The van der Waals surface area contributed by atoms with Crippen molar-refractivity contribution in [1.29, 1.82) is 0 Å². The van der Waals surface area contributed by atoms with Gasteiger partial charge in [-0.05, 0) is 32.5 Å². The van der Waals surface area contributed by atoms with Gasteiger partial charge in [0.25, 0.3) is 0 Å². The van der Waals surface area contributed by atoms with Crippen LogP contribution in [-0.4, -0.2) is 29.6 Å². The molecule has 0 bridgehead atoms. The SMILES string of the molecule is CNCCCC(=O)NC(C)c1noc(Cc2ccccc2)n1. The van der Waals surface area contributed by atoms with Crippen molar-refractivity contribution in [2.75, 3.05) is 13.6 Å². The number of nitrogens with one attached hydrogen (secondary N) is 2. The van der Waals surface area contributed by atoms with Crippen molar-refractivity contribution in [2.45, 2.75) is 32.2 Å². The van der Waals surface area contributed by atoms with E-state index in [1.807, 2.05) is 44.3 Å². The second kappa shape index (κ2) is 8.29. The first kappa shape index (κ1) is 16.2. The minimum absolute atomic E-state index is 0.00263. The van der Waals surface area contributed by atoms with Crippen LogP contribution in [-0.2, 0) is 11.2 Å². The lowest BCUT2D eigenvalue weighted by molar-refractivity contribution is -0.121. The van der Waals surface area contributed by atoms with Gasteiger partial charge in [0.1, 0.15) is 0 Å². The predicted molar refractivity (Wildman–Crippen MR) is 83.3 cm³/mol. The Labute approximate surface area is 130 Å². The van der Waals surface area contributed by atoms with E-state index in [4.69, 9.17) is 4.52 Å². The van der Waals surface area contributed by atoms with Crippen LogP contribution >= 0.6 is 0 Å². The summed E-state index contributed by atoms with van der Waals surface area (Å²) in [6.07, 6.45) is 1.89. The van der Waals surface area contributed by atoms with Crippen LogP contribution in [0.15, 0.2) is 34.9 Å². The fourth-order valence-corrected chi connectivity index (χ4v) is 2.09. The maximum Gasteiger partial charge on any atom is 0.231 e. The highest BCUT2D eigenvalue weighted by Gasteiger charge is 2.16. The van der Waals surface area contributed by atoms with Crippen LogP contribution in [0.25, 0.3) is 0 Å². The molecule has 0 saturated heterocycles. The zero-order valence-electron chi connectivity index (χ0n) is 13.0. The van der Waals surface area contributed by atoms with Gasteiger partial charge in [-0.2, -0.15) is 4.98 Å². The summed E-state index contributed by atoms with van der Waals surface area (Å²) in [5.74, 6) is 1.06. The molecule has 0 aliphatic rings. The molecule has 118 valence electrons. The van der Waals surface area contributed by atoms with Gasteiger partial charge in [-0.1, -0.05) is 35.5 Å². The molecule has 1 aromatic heterocycles. The Morgan fingerprint density at radius 2 is 2.09 bits per heavy atom. The van der Waals surface area contributed by atoms with Crippen LogP contribution < -0.4 is 10.6 Å². The molecule has 2 aromatic rings. The molecular formula is C16H22N4O2. The lowest BCUT2D eigenvalue weighted by atomic mass is 10.1. The van der Waals surface area contributed by atoms with Gasteiger partial charge in [0.05, 0.1) is 12.5 Å². The summed E-state index contributed by atoms with van der Waals surface area (Å²) in [6, 6.07) is 9.68. The van der Waals surface area contributed by atoms with E-state index in [-0.39, 0.29) is 11.9 Å². The van der Waals surface area contributed by atoms with Crippen molar-refractivity contribution in [3.8, 4) is 0 Å². The van der Waals surface area contributed by atoms with Crippen LogP contribution in [0, 0.1) is 0 Å². The second-order valence-corrected chi connectivity index (χ2v) is 5.20. The Morgan fingerprint density at radius 1 is 1.32 bits per heavy atom. The summed E-state index contributed by atoms with van der Waals surface area (Å²) in [6.45, 7) is 2.68. The quantitative estimate of drug-likeness (QED) is 0.727. The first-order valence-corrected chi connectivity index (χ1v) is 7.49. The Kier molecular flexibility index (Phi) is 6.09. The van der Waals surface area contributed by atoms with Crippen LogP contribution in [0.1, 0.15) is 43.1 Å². The van der Waals surface area contributed by atoms with Crippen molar-refractivity contribution in [3.05, 3.63) is 47.6 Å². The summed E-state index contributed by atoms with van der Waals surface area (Å²) in [5, 5.41) is 9.84. The minimum atomic E-state index is -0.254. The Balaban J connectivity index is 1.86. The summed E-state index contributed by atoms with van der Waals surface area (Å²) in [7, 11) is 1.87. The molecule has 1 amide bonds. The third-order valence-electron chi connectivity index (χ3n) is 3.28. The number of carbonyl (C=O) groups is 1. The number of amides is 1. The maximum absolute atomic E-state index is 11.8. The Hall–Kier alpha value is -2.21. The fraction of sp³-hybridized carbons (Fsp3) is 0.438. The standard InChI is InChI=1S/C16H22N4O2/c1-12(18-14(21)9-6-10-17-2)16-19-15(22-20-16)11-13-7-4-3-5-8-13/h3-5,7-8,12,17H,6,9-11H2,1-2H3,(H,18,21). The van der Waals surface area contributed by atoms with E-state index in [0.717, 1.165) is 18.5 Å². The fourth-order valence-electron chi connectivity index (χ4n) is 2.09. The van der Waals surface area contributed by atoms with Crippen LogP contribution in [0.3, 0.4) is 0 Å². The van der Waals surface area contributed by atoms with Gasteiger partial charge in [-0.25, -0.2) is 0 Å². The van der Waals surface area contributed by atoms with Crippen molar-refractivity contribution in [2.24, 2.45) is 0 Å². The highest BCUT2D eigenvalue weighted by atomic mass is 16.5. The molecular weight excluding hydrogens is 280 g/mol. The molecule has 0 aliphatic carbocycles. The molecule has 6 nitrogen and oxygen atoms in total. The van der Waals surface area contributed by atoms with Gasteiger partial charge in [-0.15, -0.1) is 0 Å². The zero-order chi connectivity index (χ0) is 15.8. The van der Waals surface area contributed by atoms with Gasteiger partial charge in [0.15, 0.2) is 5.82 Å². The van der Waals surface area contributed by atoms with Crippen LogP contribution in [0.5, 0.6) is 0 Å². The molecule has 0 radical (unpaired) electrons. The molecule has 0 saturated carbocycles. The topological polar surface area (TPSA) is 80.0 Å². The summed E-state index contributed by atoms with van der Waals surface area (Å²) in [5.41, 5.74) is 1.11. The number of rotatable bonds is 8. The first-order valence-electron chi connectivity index (χ1n) is 7.49. The number of benzene rings is 1. The molecule has 1 aromatic carbocycles. The van der Waals surface area contributed by atoms with E-state index < -0.39 is 0 Å². The van der Waals surface area contributed by atoms with E-state index in [1.54, 1.807) is 0 Å². The average molecular weight is 302 g/mol. The smallest absolute Gasteiger partial charge is 0.231 e. The van der Waals surface area contributed by atoms with E-state index >= 15 is 0 Å². The molecule has 0 fully saturated rings. The monoisotopic (exact) mass is 302 g/mol. The molecule has 1 unspecified atom stereocenters. The lowest BCUT2D eigenvalue weighted by Gasteiger charge is -2.09. The van der Waals surface area contributed by atoms with E-state index in [9.17, 15) is 4.79 Å². The summed E-state index contributed by atoms with van der Waals surface area (Å²) in [4.78, 5) is 16.1. The molecule has 22 heavy (non-hydrogen) atoms. The van der Waals surface area contributed by atoms with Crippen LogP contribution in [0.4, 0.5) is 0 Å². The van der Waals surface area contributed by atoms with Crippen molar-refractivity contribution in [3.63, 3.8) is 0 Å². The maximum atomic E-state index is 11.8. The average Bonchev–Trinajstić information content (AvgIpc) is 2.97. The normalized spacial score (nSPS) is 12.1. The van der Waals surface area contributed by atoms with E-state index in [0.29, 0.717) is 24.6 Å². The Morgan fingerprint density at radius 3 is 2.82 bits per heavy atom. The van der Waals surface area contributed by atoms with Gasteiger partial charge < -0.3 is 15.2 Å². The third kappa shape index (κ3) is 4.96. The predicted octanol–water partition coefficient (Wildman–Crippen LogP) is 1.84. The number of hydrogen-bond acceptors (Lipinski definition) is 5. The molecule has 2 N–H and O–H groups in total. The highest BCUT2D eigenvalue weighted by Crippen LogP contribution is 2.12. The van der Waals surface area contributed by atoms with Crippen LogP contribution in [0.2, 0.25) is 0 Å². The number of hydrogen-bond donors (Lipinski definition) is 2. The largest absolute Gasteiger partial charge is 0.346 e. The van der Waals surface area contributed by atoms with E-state index in [1.165, 1.54) is 0 Å². The molecule has 1 heterocycles. The van der Waals surface area contributed by atoms with E-state index in [2.05, 4.69) is 20.8 Å². The van der Waals surface area contributed by atoms with Crippen molar-refractivity contribution >= 4 is 5.91 Å². The molecule has 0 spiro atoms. The minimum Gasteiger partial charge on any atom is -0.346 e. The van der Waals surface area contributed by atoms with Crippen molar-refractivity contribution in [1.82, 2.24) is 20.8 Å². The van der Waals surface area contributed by atoms with Gasteiger partial charge in [-0.3, -0.25) is 4.79 Å². The Bertz CT molecular complexity index is 583. The van der Waals surface area contributed by atoms with Gasteiger partial charge >= 0.3 is 0 Å². The number of nitrogens with zero attached hydrogens (tertiary/aromatic N) is 2.